The standard InChI is InChI=1S/C56H71N3O10S/c1-4-13-41-16-20-43(21-17-41)46-26-29-51(47(39-46)40-57-59(56-58-49-14-9-10-15-52(49)70-56)30-33-64-34-35-65-36-37-68-54(62)6-3)69-55(63)45-24-22-44(23-25-45)50(60)38-42-18-27-48(28-19-42)66-31-11-7-8-12-32-67-53(61)5-2/h5-6,9-10,14-15,18-19,26-29,39-41,43-45H,2-4,7-8,11-13,16-17,20-25,30-38H2,1H3/b57-40+. The number of hydrazone groups is 1. The number of rotatable bonds is 30. The summed E-state index contributed by atoms with van der Waals surface area (Å²) in [5, 5.41) is 7.53. The Morgan fingerprint density at radius 3 is 2.13 bits per heavy atom. The minimum Gasteiger partial charge on any atom is -0.494 e. The number of esters is 3. The van der Waals surface area contributed by atoms with Gasteiger partial charge in [0.2, 0.25) is 5.13 Å². The largest absolute Gasteiger partial charge is 0.494 e. The molecule has 0 bridgehead atoms. The van der Waals surface area contributed by atoms with Crippen LogP contribution in [0.3, 0.4) is 0 Å². The summed E-state index contributed by atoms with van der Waals surface area (Å²) in [6.45, 7) is 11.9. The van der Waals surface area contributed by atoms with Gasteiger partial charge in [-0.1, -0.05) is 74.6 Å². The second-order valence-corrected chi connectivity index (χ2v) is 19.1. The molecular weight excluding hydrogens is 907 g/mol. The Morgan fingerprint density at radius 2 is 1.41 bits per heavy atom. The molecule has 70 heavy (non-hydrogen) atoms. The highest BCUT2D eigenvalue weighted by molar-refractivity contribution is 7.22. The van der Waals surface area contributed by atoms with Crippen LogP contribution in [0.2, 0.25) is 0 Å². The molecule has 0 aliphatic heterocycles. The molecule has 0 N–H and O–H groups in total. The number of para-hydroxylation sites is 1. The third kappa shape index (κ3) is 17.6. The Labute approximate surface area is 417 Å². The summed E-state index contributed by atoms with van der Waals surface area (Å²) in [6.07, 6.45) is 17.7. The summed E-state index contributed by atoms with van der Waals surface area (Å²) in [4.78, 5) is 54.7. The number of thiazole rings is 1. The molecule has 2 aliphatic rings. The van der Waals surface area contributed by atoms with E-state index in [9.17, 15) is 19.2 Å². The van der Waals surface area contributed by atoms with Crippen molar-refractivity contribution in [2.75, 3.05) is 57.8 Å². The van der Waals surface area contributed by atoms with Gasteiger partial charge in [-0.2, -0.15) is 5.10 Å². The number of anilines is 1. The minimum absolute atomic E-state index is 0.103. The number of Topliss-reactive ketones (excluding diaryl/α,β-unsaturated/α-hetero) is 1. The molecule has 2 saturated carbocycles. The lowest BCUT2D eigenvalue weighted by Gasteiger charge is -2.29. The molecule has 14 heteroatoms. The third-order valence-corrected chi connectivity index (χ3v) is 14.1. The highest BCUT2D eigenvalue weighted by Crippen LogP contribution is 2.39. The maximum absolute atomic E-state index is 13.9. The van der Waals surface area contributed by atoms with E-state index < -0.39 is 11.9 Å². The molecule has 0 saturated heterocycles. The van der Waals surface area contributed by atoms with Crippen molar-refractivity contribution in [3.8, 4) is 11.5 Å². The van der Waals surface area contributed by atoms with E-state index in [4.69, 9.17) is 38.5 Å². The van der Waals surface area contributed by atoms with Gasteiger partial charge in [0.05, 0.1) is 68.5 Å². The zero-order valence-corrected chi connectivity index (χ0v) is 41.7. The monoisotopic (exact) mass is 977 g/mol. The highest BCUT2D eigenvalue weighted by Gasteiger charge is 2.32. The predicted octanol–water partition coefficient (Wildman–Crippen LogP) is 11.2. The van der Waals surface area contributed by atoms with Gasteiger partial charge in [0.25, 0.3) is 0 Å². The number of carbonyl (C=O) groups is 4. The van der Waals surface area contributed by atoms with E-state index in [0.717, 1.165) is 77.6 Å². The summed E-state index contributed by atoms with van der Waals surface area (Å²) in [5.41, 5.74) is 3.77. The van der Waals surface area contributed by atoms with Crippen molar-refractivity contribution in [2.24, 2.45) is 22.9 Å². The van der Waals surface area contributed by atoms with Crippen LogP contribution in [0, 0.1) is 17.8 Å². The van der Waals surface area contributed by atoms with Crippen molar-refractivity contribution in [3.63, 3.8) is 0 Å². The van der Waals surface area contributed by atoms with Gasteiger partial charge in [-0.05, 0) is 136 Å². The van der Waals surface area contributed by atoms with Crippen LogP contribution >= 0.6 is 11.3 Å². The number of aromatic nitrogens is 1. The summed E-state index contributed by atoms with van der Waals surface area (Å²) >= 11 is 1.54. The van der Waals surface area contributed by atoms with Crippen LogP contribution in [0.1, 0.15) is 119 Å². The molecule has 2 fully saturated rings. The number of carbonyl (C=O) groups excluding carboxylic acids is 4. The second kappa shape index (κ2) is 29.5. The van der Waals surface area contributed by atoms with Crippen LogP contribution in [0.15, 0.2) is 97.1 Å². The Morgan fingerprint density at radius 1 is 0.743 bits per heavy atom. The minimum atomic E-state index is -0.486. The van der Waals surface area contributed by atoms with Gasteiger partial charge in [-0.15, -0.1) is 0 Å². The highest BCUT2D eigenvalue weighted by atomic mass is 32.1. The molecular formula is C56H71N3O10S. The number of benzene rings is 3. The molecule has 2 aliphatic carbocycles. The van der Waals surface area contributed by atoms with E-state index in [1.165, 1.54) is 37.3 Å². The van der Waals surface area contributed by atoms with Crippen LogP contribution in [-0.2, 0) is 44.5 Å². The topological polar surface area (TPSA) is 152 Å². The van der Waals surface area contributed by atoms with E-state index in [1.807, 2.05) is 59.6 Å². The fourth-order valence-corrected chi connectivity index (χ4v) is 10.1. The summed E-state index contributed by atoms with van der Waals surface area (Å²) in [5.74, 6) is 1.05. The lowest BCUT2D eigenvalue weighted by atomic mass is 9.77. The predicted molar refractivity (Wildman–Crippen MR) is 275 cm³/mol. The van der Waals surface area contributed by atoms with Gasteiger partial charge >= 0.3 is 17.9 Å². The van der Waals surface area contributed by atoms with Gasteiger partial charge in [-0.3, -0.25) is 9.59 Å². The molecule has 1 aromatic heterocycles. The van der Waals surface area contributed by atoms with Crippen LogP contribution in [0.25, 0.3) is 10.2 Å². The average Bonchev–Trinajstić information content (AvgIpc) is 3.83. The van der Waals surface area contributed by atoms with Gasteiger partial charge in [0.15, 0.2) is 0 Å². The van der Waals surface area contributed by atoms with E-state index in [0.29, 0.717) is 88.5 Å². The van der Waals surface area contributed by atoms with Crippen molar-refractivity contribution in [1.29, 1.82) is 0 Å². The fraction of sp³-hybridized carbons (Fsp3) is 0.500. The molecule has 0 spiro atoms. The lowest BCUT2D eigenvalue weighted by molar-refractivity contribution is -0.141. The number of hydrogen-bond acceptors (Lipinski definition) is 14. The Bertz CT molecular complexity index is 2280. The second-order valence-electron chi connectivity index (χ2n) is 18.1. The van der Waals surface area contributed by atoms with Gasteiger partial charge in [0.1, 0.15) is 23.9 Å². The number of fused-ring (bicyclic) bond motifs is 1. The zero-order chi connectivity index (χ0) is 49.3. The molecule has 0 atom stereocenters. The first kappa shape index (κ1) is 53.6. The Kier molecular flexibility index (Phi) is 22.6. The van der Waals surface area contributed by atoms with Crippen molar-refractivity contribution < 1.29 is 47.6 Å². The maximum atomic E-state index is 13.9. The quantitative estimate of drug-likeness (QED) is 0.0122. The number of ether oxygens (including phenoxy) is 6. The zero-order valence-electron chi connectivity index (χ0n) is 40.9. The summed E-state index contributed by atoms with van der Waals surface area (Å²) in [6, 6.07) is 21.9. The van der Waals surface area contributed by atoms with Gasteiger partial charge in [-0.25, -0.2) is 19.6 Å². The first-order valence-corrected chi connectivity index (χ1v) is 26.1. The number of ketones is 1. The number of unbranched alkanes of at least 4 members (excludes halogenated alkanes) is 3. The third-order valence-electron chi connectivity index (χ3n) is 13.1. The van der Waals surface area contributed by atoms with Crippen LogP contribution in [0.4, 0.5) is 5.13 Å². The average molecular weight is 978 g/mol. The molecule has 1 heterocycles. The smallest absolute Gasteiger partial charge is 0.330 e. The van der Waals surface area contributed by atoms with E-state index in [-0.39, 0.29) is 36.8 Å². The first-order valence-electron chi connectivity index (χ1n) is 25.2. The molecule has 0 unspecified atom stereocenters. The number of hydrogen-bond donors (Lipinski definition) is 0. The van der Waals surface area contributed by atoms with Crippen molar-refractivity contribution in [1.82, 2.24) is 4.98 Å². The molecule has 0 radical (unpaired) electrons. The van der Waals surface area contributed by atoms with E-state index in [2.05, 4.69) is 32.2 Å². The van der Waals surface area contributed by atoms with Crippen LogP contribution in [0.5, 0.6) is 11.5 Å². The number of nitrogens with zero attached hydrogens (tertiary/aromatic N) is 3. The lowest BCUT2D eigenvalue weighted by Crippen LogP contribution is -2.29. The van der Waals surface area contributed by atoms with Gasteiger partial charge < -0.3 is 28.4 Å². The van der Waals surface area contributed by atoms with Crippen LogP contribution < -0.4 is 14.5 Å². The fourth-order valence-electron chi connectivity index (χ4n) is 9.12. The van der Waals surface area contributed by atoms with Gasteiger partial charge in [0, 0.05) is 30.1 Å². The van der Waals surface area contributed by atoms with Crippen molar-refractivity contribution in [2.45, 2.75) is 109 Å². The summed E-state index contributed by atoms with van der Waals surface area (Å²) < 4.78 is 34.6. The maximum Gasteiger partial charge on any atom is 0.330 e. The Balaban J connectivity index is 1.04. The van der Waals surface area contributed by atoms with Crippen molar-refractivity contribution in [3.05, 3.63) is 109 Å². The summed E-state index contributed by atoms with van der Waals surface area (Å²) in [7, 11) is 0. The molecule has 376 valence electrons. The van der Waals surface area contributed by atoms with Crippen molar-refractivity contribution >= 4 is 56.6 Å². The molecule has 0 amide bonds. The van der Waals surface area contributed by atoms with E-state index in [1.54, 1.807) is 17.6 Å². The SMILES string of the molecule is C=CC(=O)OCCCCCCOc1ccc(CC(=O)C2CCC(C(=O)Oc3ccc(C4CCC(CCC)CC4)cc3/C=N/N(CCOCCOCCOC(=O)C=C)c3nc4ccccc4s3)CC2)cc1. The molecule has 6 rings (SSSR count). The van der Waals surface area contributed by atoms with Crippen LogP contribution in [-0.4, -0.2) is 87.7 Å². The molecule has 4 aromatic rings. The Hall–Kier alpha value is -5.70. The normalized spacial score (nSPS) is 18.0. The first-order chi connectivity index (χ1) is 34.2. The molecule has 3 aromatic carbocycles. The van der Waals surface area contributed by atoms with E-state index >= 15 is 0 Å². The molecule has 13 nitrogen and oxygen atoms in total.